The number of hydrogen-bond acceptors (Lipinski definition) is 5. The van der Waals surface area contributed by atoms with Crippen molar-refractivity contribution in [3.8, 4) is 0 Å². The molecule has 0 N–H and O–H groups in total. The normalized spacial score (nSPS) is 17.7. The van der Waals surface area contributed by atoms with E-state index in [1.54, 1.807) is 12.4 Å². The van der Waals surface area contributed by atoms with Crippen LogP contribution in [-0.4, -0.2) is 46.2 Å². The maximum absolute atomic E-state index is 12.8. The molecule has 5 nitrogen and oxygen atoms in total. The molecule has 0 bridgehead atoms. The highest BCUT2D eigenvalue weighted by Crippen LogP contribution is 2.22. The van der Waals surface area contributed by atoms with E-state index in [1.165, 1.54) is 11.8 Å². The van der Waals surface area contributed by atoms with Crippen LogP contribution in [0.15, 0.2) is 47.9 Å². The second kappa shape index (κ2) is 8.26. The van der Waals surface area contributed by atoms with Crippen LogP contribution in [0.3, 0.4) is 0 Å². The Balaban J connectivity index is 1.61. The van der Waals surface area contributed by atoms with E-state index in [4.69, 9.17) is 4.74 Å². The van der Waals surface area contributed by atoms with Crippen molar-refractivity contribution in [2.75, 3.05) is 19.3 Å². The molecule has 1 aliphatic heterocycles. The first-order valence-electron chi connectivity index (χ1n) is 8.06. The summed E-state index contributed by atoms with van der Waals surface area (Å²) in [5.74, 6) is 0.0436. The van der Waals surface area contributed by atoms with E-state index in [-0.39, 0.29) is 12.0 Å². The number of piperidine rings is 1. The number of pyridine rings is 2. The Bertz CT molecular complexity index is 681. The van der Waals surface area contributed by atoms with Crippen LogP contribution in [0.2, 0.25) is 0 Å². The molecule has 3 heterocycles. The van der Waals surface area contributed by atoms with Gasteiger partial charge in [0, 0.05) is 31.7 Å². The SMILES string of the molecule is CSc1ncccc1C(=O)N1CCC[C@@H](OCc2cccnc2)C1. The van der Waals surface area contributed by atoms with Crippen molar-refractivity contribution in [3.05, 3.63) is 54.0 Å². The number of likely N-dealkylation sites (tertiary alicyclic amines) is 1. The molecular weight excluding hydrogens is 322 g/mol. The molecule has 0 radical (unpaired) electrons. The van der Waals surface area contributed by atoms with Crippen molar-refractivity contribution in [3.63, 3.8) is 0 Å². The van der Waals surface area contributed by atoms with Crippen LogP contribution in [0.25, 0.3) is 0 Å². The first kappa shape index (κ1) is 16.9. The van der Waals surface area contributed by atoms with Gasteiger partial charge in [0.15, 0.2) is 0 Å². The summed E-state index contributed by atoms with van der Waals surface area (Å²) in [6.07, 6.45) is 9.23. The predicted octanol–water partition coefficient (Wildman–Crippen LogP) is 3.02. The molecule has 1 atom stereocenters. The second-order valence-corrected chi connectivity index (χ2v) is 6.54. The third-order valence-corrected chi connectivity index (χ3v) is 4.78. The first-order chi connectivity index (χ1) is 11.8. The summed E-state index contributed by atoms with van der Waals surface area (Å²) >= 11 is 1.50. The summed E-state index contributed by atoms with van der Waals surface area (Å²) in [6, 6.07) is 7.56. The van der Waals surface area contributed by atoms with E-state index < -0.39 is 0 Å². The standard InChI is InChI=1S/C18H21N3O2S/c1-24-17-16(7-3-9-20-17)18(22)21-10-4-6-15(12-21)23-13-14-5-2-8-19-11-14/h2-3,5,7-9,11,15H,4,6,10,12-13H2,1H3/t15-/m1/s1. The van der Waals surface area contributed by atoms with Gasteiger partial charge in [-0.3, -0.25) is 9.78 Å². The van der Waals surface area contributed by atoms with Crippen molar-refractivity contribution >= 4 is 17.7 Å². The van der Waals surface area contributed by atoms with Crippen LogP contribution in [0, 0.1) is 0 Å². The Labute approximate surface area is 146 Å². The molecule has 1 fully saturated rings. The van der Waals surface area contributed by atoms with Crippen molar-refractivity contribution in [1.29, 1.82) is 0 Å². The van der Waals surface area contributed by atoms with Crippen molar-refractivity contribution < 1.29 is 9.53 Å². The predicted molar refractivity (Wildman–Crippen MR) is 94.0 cm³/mol. The minimum Gasteiger partial charge on any atom is -0.372 e. The van der Waals surface area contributed by atoms with E-state index in [9.17, 15) is 4.79 Å². The van der Waals surface area contributed by atoms with Crippen molar-refractivity contribution in [1.82, 2.24) is 14.9 Å². The van der Waals surface area contributed by atoms with Crippen LogP contribution in [-0.2, 0) is 11.3 Å². The van der Waals surface area contributed by atoms with Crippen LogP contribution < -0.4 is 0 Å². The summed E-state index contributed by atoms with van der Waals surface area (Å²) in [6.45, 7) is 1.93. The van der Waals surface area contributed by atoms with Gasteiger partial charge in [-0.25, -0.2) is 4.98 Å². The molecule has 0 aromatic carbocycles. The van der Waals surface area contributed by atoms with Crippen LogP contribution in [0.5, 0.6) is 0 Å². The fourth-order valence-electron chi connectivity index (χ4n) is 2.84. The highest BCUT2D eigenvalue weighted by atomic mass is 32.2. The maximum atomic E-state index is 12.8. The van der Waals surface area contributed by atoms with Crippen LogP contribution in [0.4, 0.5) is 0 Å². The molecule has 2 aromatic rings. The Morgan fingerprint density at radius 2 is 2.25 bits per heavy atom. The summed E-state index contributed by atoms with van der Waals surface area (Å²) < 4.78 is 5.99. The smallest absolute Gasteiger partial charge is 0.256 e. The Kier molecular flexibility index (Phi) is 5.82. The lowest BCUT2D eigenvalue weighted by Crippen LogP contribution is -2.43. The molecule has 0 saturated carbocycles. The number of carbonyl (C=O) groups excluding carboxylic acids is 1. The number of hydrogen-bond donors (Lipinski definition) is 0. The van der Waals surface area contributed by atoms with Crippen LogP contribution in [0.1, 0.15) is 28.8 Å². The number of thioether (sulfide) groups is 1. The van der Waals surface area contributed by atoms with E-state index in [2.05, 4.69) is 9.97 Å². The highest BCUT2D eigenvalue weighted by molar-refractivity contribution is 7.98. The summed E-state index contributed by atoms with van der Waals surface area (Å²) in [5.41, 5.74) is 1.73. The minimum atomic E-state index is 0.0436. The van der Waals surface area contributed by atoms with Crippen molar-refractivity contribution in [2.45, 2.75) is 30.6 Å². The van der Waals surface area contributed by atoms with Crippen LogP contribution >= 0.6 is 11.8 Å². The fourth-order valence-corrected chi connectivity index (χ4v) is 3.38. The van der Waals surface area contributed by atoms with Gasteiger partial charge >= 0.3 is 0 Å². The molecule has 1 aliphatic rings. The summed E-state index contributed by atoms with van der Waals surface area (Å²) in [4.78, 5) is 23.1. The molecule has 126 valence electrons. The van der Waals surface area contributed by atoms with Gasteiger partial charge in [0.2, 0.25) is 0 Å². The third-order valence-electron chi connectivity index (χ3n) is 4.07. The average molecular weight is 343 g/mol. The monoisotopic (exact) mass is 343 g/mol. The van der Waals surface area contributed by atoms with Gasteiger partial charge in [-0.2, -0.15) is 0 Å². The Morgan fingerprint density at radius 1 is 1.38 bits per heavy atom. The van der Waals surface area contributed by atoms with Gasteiger partial charge in [0.05, 0.1) is 18.3 Å². The zero-order chi connectivity index (χ0) is 16.8. The third kappa shape index (κ3) is 4.13. The number of aromatic nitrogens is 2. The van der Waals surface area contributed by atoms with Gasteiger partial charge < -0.3 is 9.64 Å². The lowest BCUT2D eigenvalue weighted by Gasteiger charge is -2.33. The number of carbonyl (C=O) groups is 1. The molecule has 1 saturated heterocycles. The Hall–Kier alpha value is -1.92. The quantitative estimate of drug-likeness (QED) is 0.781. The van der Waals surface area contributed by atoms with E-state index in [0.717, 1.165) is 30.0 Å². The lowest BCUT2D eigenvalue weighted by atomic mass is 10.1. The van der Waals surface area contributed by atoms with Gasteiger partial charge in [-0.15, -0.1) is 11.8 Å². The molecule has 2 aromatic heterocycles. The molecule has 0 spiro atoms. The average Bonchev–Trinajstić information content (AvgIpc) is 2.67. The first-order valence-corrected chi connectivity index (χ1v) is 9.29. The second-order valence-electron chi connectivity index (χ2n) is 5.75. The van der Waals surface area contributed by atoms with Crippen molar-refractivity contribution in [2.24, 2.45) is 0 Å². The van der Waals surface area contributed by atoms with Gasteiger partial charge in [-0.05, 0) is 42.9 Å². The topological polar surface area (TPSA) is 55.3 Å². The maximum Gasteiger partial charge on any atom is 0.256 e. The number of amides is 1. The fraction of sp³-hybridized carbons (Fsp3) is 0.389. The molecule has 6 heteroatoms. The minimum absolute atomic E-state index is 0.0436. The largest absolute Gasteiger partial charge is 0.372 e. The number of nitrogens with zero attached hydrogens (tertiary/aromatic N) is 3. The molecular formula is C18H21N3O2S. The summed E-state index contributed by atoms with van der Waals surface area (Å²) in [5, 5.41) is 0.779. The van der Waals surface area contributed by atoms with Gasteiger partial charge in [-0.1, -0.05) is 6.07 Å². The molecule has 1 amide bonds. The van der Waals surface area contributed by atoms with E-state index in [1.807, 2.05) is 41.6 Å². The summed E-state index contributed by atoms with van der Waals surface area (Å²) in [7, 11) is 0. The Morgan fingerprint density at radius 3 is 3.04 bits per heavy atom. The van der Waals surface area contributed by atoms with E-state index >= 15 is 0 Å². The highest BCUT2D eigenvalue weighted by Gasteiger charge is 2.26. The molecule has 0 aliphatic carbocycles. The number of rotatable bonds is 5. The zero-order valence-electron chi connectivity index (χ0n) is 13.7. The van der Waals surface area contributed by atoms with Gasteiger partial charge in [0.25, 0.3) is 5.91 Å². The number of ether oxygens (including phenoxy) is 1. The molecule has 24 heavy (non-hydrogen) atoms. The molecule has 3 rings (SSSR count). The van der Waals surface area contributed by atoms with Gasteiger partial charge in [0.1, 0.15) is 5.03 Å². The lowest BCUT2D eigenvalue weighted by molar-refractivity contribution is -0.00693. The zero-order valence-corrected chi connectivity index (χ0v) is 14.5. The van der Waals surface area contributed by atoms with E-state index in [0.29, 0.717) is 18.7 Å². The molecule has 0 unspecified atom stereocenters.